The van der Waals surface area contributed by atoms with Crippen LogP contribution in [0, 0.1) is 21.4 Å². The lowest BCUT2D eigenvalue weighted by atomic mass is 10.1. The summed E-state index contributed by atoms with van der Waals surface area (Å²) in [5, 5.41) is 23.0. The fourth-order valence-electron chi connectivity index (χ4n) is 2.49. The maximum Gasteiger partial charge on any atom is 0.276 e. The molecule has 134 valence electrons. The van der Waals surface area contributed by atoms with E-state index in [2.05, 4.69) is 11.1 Å². The van der Waals surface area contributed by atoms with Crippen molar-refractivity contribution in [1.29, 1.82) is 5.26 Å². The van der Waals surface area contributed by atoms with E-state index >= 15 is 0 Å². The molecule has 0 saturated heterocycles. The molecule has 0 aliphatic rings. The van der Waals surface area contributed by atoms with Crippen LogP contribution in [-0.2, 0) is 0 Å². The molecule has 1 heterocycles. The second kappa shape index (κ2) is 8.25. The Morgan fingerprint density at radius 1 is 1.30 bits per heavy atom. The smallest absolute Gasteiger partial charge is 0.276 e. The first kappa shape index (κ1) is 18.3. The van der Waals surface area contributed by atoms with Crippen molar-refractivity contribution in [3.63, 3.8) is 0 Å². The van der Waals surface area contributed by atoms with Crippen molar-refractivity contribution in [2.45, 2.75) is 6.92 Å². The Kier molecular flexibility index (Phi) is 5.59. The fraction of sp³-hybridized carbons (Fsp3) is 0.100. The van der Waals surface area contributed by atoms with Gasteiger partial charge in [-0.3, -0.25) is 10.1 Å². The Labute approximate surface area is 160 Å². The van der Waals surface area contributed by atoms with E-state index in [9.17, 15) is 15.4 Å². The van der Waals surface area contributed by atoms with Crippen molar-refractivity contribution in [2.75, 3.05) is 6.61 Å². The molecule has 0 aliphatic heterocycles. The molecule has 3 rings (SSSR count). The third-order valence-electron chi connectivity index (χ3n) is 3.75. The molecular formula is C20H15N3O3S. The number of ether oxygens (including phenoxy) is 1. The van der Waals surface area contributed by atoms with Gasteiger partial charge in [-0.15, -0.1) is 11.3 Å². The number of aromatic nitrogens is 1. The van der Waals surface area contributed by atoms with Gasteiger partial charge in [-0.1, -0.05) is 12.1 Å². The number of nitro groups is 1. The lowest BCUT2D eigenvalue weighted by Gasteiger charge is -2.03. The molecule has 0 aliphatic carbocycles. The van der Waals surface area contributed by atoms with Crippen LogP contribution in [0.15, 0.2) is 53.9 Å². The first-order valence-electron chi connectivity index (χ1n) is 8.16. The van der Waals surface area contributed by atoms with Crippen molar-refractivity contribution < 1.29 is 9.66 Å². The van der Waals surface area contributed by atoms with E-state index in [1.807, 2.05) is 36.6 Å². The number of thiazole rings is 1. The summed E-state index contributed by atoms with van der Waals surface area (Å²) in [5.41, 5.74) is 2.25. The molecule has 0 saturated carbocycles. The number of hydrogen-bond acceptors (Lipinski definition) is 6. The Bertz CT molecular complexity index is 1030. The summed E-state index contributed by atoms with van der Waals surface area (Å²) >= 11 is 1.32. The SMILES string of the molecule is CCOc1ccc(-c2csc(/C(C#N)=C/c3ccccc3[N+](=O)[O-])n2)cc1. The molecule has 6 nitrogen and oxygen atoms in total. The van der Waals surface area contributed by atoms with E-state index < -0.39 is 4.92 Å². The van der Waals surface area contributed by atoms with Gasteiger partial charge < -0.3 is 4.74 Å². The first-order valence-corrected chi connectivity index (χ1v) is 9.04. The van der Waals surface area contributed by atoms with Crippen LogP contribution in [0.3, 0.4) is 0 Å². The highest BCUT2D eigenvalue weighted by molar-refractivity contribution is 7.11. The summed E-state index contributed by atoms with van der Waals surface area (Å²) in [6, 6.07) is 15.9. The molecule has 0 atom stereocenters. The van der Waals surface area contributed by atoms with Crippen molar-refractivity contribution in [1.82, 2.24) is 4.98 Å². The molecular weight excluding hydrogens is 362 g/mol. The summed E-state index contributed by atoms with van der Waals surface area (Å²) < 4.78 is 5.43. The molecule has 1 aromatic heterocycles. The van der Waals surface area contributed by atoms with Gasteiger partial charge in [-0.05, 0) is 43.3 Å². The highest BCUT2D eigenvalue weighted by Crippen LogP contribution is 2.29. The second-order valence-corrected chi connectivity index (χ2v) is 6.34. The third-order valence-corrected chi connectivity index (χ3v) is 4.62. The van der Waals surface area contributed by atoms with Crippen LogP contribution < -0.4 is 4.74 Å². The molecule has 0 amide bonds. The zero-order valence-corrected chi connectivity index (χ0v) is 15.3. The minimum atomic E-state index is -0.464. The lowest BCUT2D eigenvalue weighted by Crippen LogP contribution is -1.91. The zero-order valence-electron chi connectivity index (χ0n) is 14.5. The van der Waals surface area contributed by atoms with E-state index in [4.69, 9.17) is 4.74 Å². The molecule has 3 aromatic rings. The first-order chi connectivity index (χ1) is 13.1. The molecule has 0 bridgehead atoms. The number of nitro benzene ring substituents is 1. The largest absolute Gasteiger partial charge is 0.494 e. The molecule has 0 unspecified atom stereocenters. The van der Waals surface area contributed by atoms with E-state index in [0.717, 1.165) is 17.0 Å². The summed E-state index contributed by atoms with van der Waals surface area (Å²) in [7, 11) is 0. The Balaban J connectivity index is 1.92. The second-order valence-electron chi connectivity index (χ2n) is 5.48. The zero-order chi connectivity index (χ0) is 19.2. The summed E-state index contributed by atoms with van der Waals surface area (Å²) in [5.74, 6) is 0.783. The van der Waals surface area contributed by atoms with Crippen LogP contribution in [0.1, 0.15) is 17.5 Å². The third kappa shape index (κ3) is 4.19. The monoisotopic (exact) mass is 377 g/mol. The van der Waals surface area contributed by atoms with Crippen LogP contribution >= 0.6 is 11.3 Å². The average Bonchev–Trinajstić information content (AvgIpc) is 3.17. The number of nitrogens with zero attached hydrogens (tertiary/aromatic N) is 3. The normalized spacial score (nSPS) is 11.0. The maximum absolute atomic E-state index is 11.2. The van der Waals surface area contributed by atoms with Gasteiger partial charge in [0.05, 0.1) is 28.4 Å². The average molecular weight is 377 g/mol. The van der Waals surface area contributed by atoms with Crippen molar-refractivity contribution in [2.24, 2.45) is 0 Å². The van der Waals surface area contributed by atoms with E-state index in [1.54, 1.807) is 18.2 Å². The van der Waals surface area contributed by atoms with Gasteiger partial charge in [0.1, 0.15) is 16.8 Å². The molecule has 27 heavy (non-hydrogen) atoms. The fourth-order valence-corrected chi connectivity index (χ4v) is 3.29. The molecule has 0 radical (unpaired) electrons. The predicted octanol–water partition coefficient (Wildman–Crippen LogP) is 5.18. The van der Waals surface area contributed by atoms with Crippen LogP contribution in [0.25, 0.3) is 22.9 Å². The Morgan fingerprint density at radius 3 is 2.70 bits per heavy atom. The Hall–Kier alpha value is -3.50. The van der Waals surface area contributed by atoms with Gasteiger partial charge in [-0.25, -0.2) is 4.98 Å². The molecule has 2 aromatic carbocycles. The number of benzene rings is 2. The Morgan fingerprint density at radius 2 is 2.04 bits per heavy atom. The predicted molar refractivity (Wildman–Crippen MR) is 105 cm³/mol. The van der Waals surface area contributed by atoms with Crippen LogP contribution in [0.5, 0.6) is 5.75 Å². The van der Waals surface area contributed by atoms with Gasteiger partial charge in [0.15, 0.2) is 0 Å². The molecule has 0 N–H and O–H groups in total. The quantitative estimate of drug-likeness (QED) is 0.335. The van der Waals surface area contributed by atoms with E-state index in [0.29, 0.717) is 17.2 Å². The molecule has 0 spiro atoms. The van der Waals surface area contributed by atoms with Crippen molar-refractivity contribution in [3.05, 3.63) is 74.6 Å². The van der Waals surface area contributed by atoms with Gasteiger partial charge >= 0.3 is 0 Å². The van der Waals surface area contributed by atoms with E-state index in [1.165, 1.54) is 23.5 Å². The topological polar surface area (TPSA) is 89.0 Å². The van der Waals surface area contributed by atoms with Gasteiger partial charge in [0, 0.05) is 17.0 Å². The summed E-state index contributed by atoms with van der Waals surface area (Å²) in [6.45, 7) is 2.52. The highest BCUT2D eigenvalue weighted by Gasteiger charge is 2.14. The van der Waals surface area contributed by atoms with Gasteiger partial charge in [0.25, 0.3) is 5.69 Å². The van der Waals surface area contributed by atoms with Gasteiger partial charge in [-0.2, -0.15) is 5.26 Å². The number of hydrogen-bond donors (Lipinski definition) is 0. The van der Waals surface area contributed by atoms with Gasteiger partial charge in [0.2, 0.25) is 0 Å². The number of allylic oxidation sites excluding steroid dienone is 1. The summed E-state index contributed by atoms with van der Waals surface area (Å²) in [4.78, 5) is 15.2. The standard InChI is InChI=1S/C20H15N3O3S/c1-2-26-17-9-7-14(8-10-17)18-13-27-20(22-18)16(12-21)11-15-5-3-4-6-19(15)23(24)25/h3-11,13H,2H2,1H3/b16-11+. The molecule has 7 heteroatoms. The summed E-state index contributed by atoms with van der Waals surface area (Å²) in [6.07, 6.45) is 1.50. The lowest BCUT2D eigenvalue weighted by molar-refractivity contribution is -0.385. The van der Waals surface area contributed by atoms with Crippen LogP contribution in [-0.4, -0.2) is 16.5 Å². The number of para-hydroxylation sites is 1. The highest BCUT2D eigenvalue weighted by atomic mass is 32.1. The number of rotatable bonds is 6. The van der Waals surface area contributed by atoms with Crippen molar-refractivity contribution in [3.8, 4) is 23.1 Å². The number of nitriles is 1. The van der Waals surface area contributed by atoms with Crippen molar-refractivity contribution >= 4 is 28.7 Å². The minimum absolute atomic E-state index is 0.0476. The minimum Gasteiger partial charge on any atom is -0.494 e. The van der Waals surface area contributed by atoms with Crippen LogP contribution in [0.2, 0.25) is 0 Å². The van der Waals surface area contributed by atoms with Crippen LogP contribution in [0.4, 0.5) is 5.69 Å². The van der Waals surface area contributed by atoms with E-state index in [-0.39, 0.29) is 11.3 Å². The maximum atomic E-state index is 11.2. The molecule has 0 fully saturated rings.